The highest BCUT2D eigenvalue weighted by atomic mass is 32.2. The third-order valence-corrected chi connectivity index (χ3v) is 3.46. The number of aliphatic hydroxyl groups is 1. The van der Waals surface area contributed by atoms with Gasteiger partial charge in [-0.05, 0) is 12.5 Å². The number of aryl methyl sites for hydroxylation is 1. The average molecular weight is 248 g/mol. The van der Waals surface area contributed by atoms with Gasteiger partial charge in [0.05, 0.1) is 6.61 Å². The van der Waals surface area contributed by atoms with Crippen molar-refractivity contribution in [2.75, 3.05) is 12.4 Å². The molecule has 0 saturated heterocycles. The summed E-state index contributed by atoms with van der Waals surface area (Å²) in [5, 5.41) is 9.78. The summed E-state index contributed by atoms with van der Waals surface area (Å²) in [5.74, 6) is 0.685. The highest BCUT2D eigenvalue weighted by Crippen LogP contribution is 2.16. The van der Waals surface area contributed by atoms with E-state index in [-0.39, 0.29) is 6.61 Å². The minimum atomic E-state index is 0.183. The summed E-state index contributed by atoms with van der Waals surface area (Å²) < 4.78 is 2.10. The molecule has 0 aliphatic heterocycles. The molecule has 1 N–H and O–H groups in total. The zero-order chi connectivity index (χ0) is 12.1. The fourth-order valence-electron chi connectivity index (χ4n) is 1.58. The molecular formula is C13H16N2OS. The number of aromatic nitrogens is 2. The maximum absolute atomic E-state index is 8.82. The minimum Gasteiger partial charge on any atom is -0.396 e. The van der Waals surface area contributed by atoms with E-state index < -0.39 is 0 Å². The molecule has 1 heterocycles. The van der Waals surface area contributed by atoms with Gasteiger partial charge in [-0.3, -0.25) is 0 Å². The molecule has 0 aliphatic carbocycles. The van der Waals surface area contributed by atoms with E-state index in [0.29, 0.717) is 5.75 Å². The quantitative estimate of drug-likeness (QED) is 0.825. The maximum atomic E-state index is 8.82. The molecule has 0 spiro atoms. The van der Waals surface area contributed by atoms with Gasteiger partial charge in [0.1, 0.15) is 0 Å². The highest BCUT2D eigenvalue weighted by Gasteiger charge is 2.03. The van der Waals surface area contributed by atoms with Crippen molar-refractivity contribution in [3.63, 3.8) is 0 Å². The first-order chi connectivity index (χ1) is 8.29. The molecule has 0 unspecified atom stereocenters. The zero-order valence-corrected chi connectivity index (χ0v) is 10.7. The summed E-state index contributed by atoms with van der Waals surface area (Å²) in [5.41, 5.74) is 2.54. The van der Waals surface area contributed by atoms with Crippen molar-refractivity contribution >= 4 is 11.8 Å². The Morgan fingerprint density at radius 2 is 2.06 bits per heavy atom. The van der Waals surface area contributed by atoms with Crippen LogP contribution >= 0.6 is 11.8 Å². The Kier molecular flexibility index (Phi) is 4.23. The van der Waals surface area contributed by atoms with E-state index in [1.54, 1.807) is 18.0 Å². The lowest BCUT2D eigenvalue weighted by molar-refractivity contribution is 0.322. The number of aliphatic hydroxyl groups excluding tert-OH is 1. The van der Waals surface area contributed by atoms with Gasteiger partial charge in [-0.1, -0.05) is 41.6 Å². The van der Waals surface area contributed by atoms with Crippen LogP contribution in [0.4, 0.5) is 0 Å². The van der Waals surface area contributed by atoms with E-state index in [1.165, 1.54) is 11.1 Å². The predicted octanol–water partition coefficient (Wildman–Crippen LogP) is 2.32. The summed E-state index contributed by atoms with van der Waals surface area (Å²) in [6.07, 6.45) is 3.77. The number of benzene rings is 1. The Morgan fingerprint density at radius 3 is 2.76 bits per heavy atom. The molecule has 2 aromatic rings. The molecule has 0 radical (unpaired) electrons. The summed E-state index contributed by atoms with van der Waals surface area (Å²) in [6.45, 7) is 3.10. The molecule has 0 aliphatic rings. The topological polar surface area (TPSA) is 38.0 Å². The van der Waals surface area contributed by atoms with Gasteiger partial charge in [0.15, 0.2) is 5.16 Å². The molecule has 2 rings (SSSR count). The SMILES string of the molecule is Cc1ccc(Cn2ccnc2SCCO)cc1. The predicted molar refractivity (Wildman–Crippen MR) is 70.3 cm³/mol. The van der Waals surface area contributed by atoms with Gasteiger partial charge < -0.3 is 9.67 Å². The van der Waals surface area contributed by atoms with Gasteiger partial charge in [-0.25, -0.2) is 4.98 Å². The number of imidazole rings is 1. The Bertz CT molecular complexity index is 465. The van der Waals surface area contributed by atoms with Gasteiger partial charge in [0, 0.05) is 24.7 Å². The van der Waals surface area contributed by atoms with Crippen molar-refractivity contribution in [3.8, 4) is 0 Å². The molecule has 0 amide bonds. The largest absolute Gasteiger partial charge is 0.396 e. The number of rotatable bonds is 5. The third-order valence-electron chi connectivity index (χ3n) is 2.47. The van der Waals surface area contributed by atoms with Crippen LogP contribution in [0.5, 0.6) is 0 Å². The normalized spacial score (nSPS) is 10.7. The van der Waals surface area contributed by atoms with E-state index in [0.717, 1.165) is 11.7 Å². The van der Waals surface area contributed by atoms with Crippen molar-refractivity contribution in [2.24, 2.45) is 0 Å². The number of thioether (sulfide) groups is 1. The molecule has 3 nitrogen and oxygen atoms in total. The zero-order valence-electron chi connectivity index (χ0n) is 9.84. The van der Waals surface area contributed by atoms with Crippen LogP contribution in [-0.2, 0) is 6.54 Å². The van der Waals surface area contributed by atoms with Gasteiger partial charge in [0.2, 0.25) is 0 Å². The number of hydrogen-bond donors (Lipinski definition) is 1. The fraction of sp³-hybridized carbons (Fsp3) is 0.308. The van der Waals surface area contributed by atoms with Crippen LogP contribution in [0.2, 0.25) is 0 Å². The van der Waals surface area contributed by atoms with E-state index >= 15 is 0 Å². The van der Waals surface area contributed by atoms with Gasteiger partial charge in [-0.2, -0.15) is 0 Å². The minimum absolute atomic E-state index is 0.183. The summed E-state index contributed by atoms with van der Waals surface area (Å²) in [6, 6.07) is 8.51. The van der Waals surface area contributed by atoms with E-state index in [2.05, 4.69) is 40.7 Å². The number of hydrogen-bond acceptors (Lipinski definition) is 3. The monoisotopic (exact) mass is 248 g/mol. The molecular weight excluding hydrogens is 232 g/mol. The number of nitrogens with zero attached hydrogens (tertiary/aromatic N) is 2. The second-order valence-electron chi connectivity index (χ2n) is 3.90. The molecule has 4 heteroatoms. The van der Waals surface area contributed by atoms with Gasteiger partial charge >= 0.3 is 0 Å². The second-order valence-corrected chi connectivity index (χ2v) is 4.96. The summed E-state index contributed by atoms with van der Waals surface area (Å²) in [4.78, 5) is 4.28. The van der Waals surface area contributed by atoms with Crippen molar-refractivity contribution in [2.45, 2.75) is 18.6 Å². The average Bonchev–Trinajstić information content (AvgIpc) is 2.77. The molecule has 0 bridgehead atoms. The van der Waals surface area contributed by atoms with Crippen LogP contribution in [-0.4, -0.2) is 27.0 Å². The van der Waals surface area contributed by atoms with Crippen LogP contribution in [0.25, 0.3) is 0 Å². The summed E-state index contributed by atoms with van der Waals surface area (Å²) in [7, 11) is 0. The smallest absolute Gasteiger partial charge is 0.168 e. The molecule has 0 fully saturated rings. The van der Waals surface area contributed by atoms with E-state index in [1.807, 2.05) is 6.20 Å². The van der Waals surface area contributed by atoms with Crippen LogP contribution in [0.15, 0.2) is 41.8 Å². The van der Waals surface area contributed by atoms with Crippen molar-refractivity contribution < 1.29 is 5.11 Å². The van der Waals surface area contributed by atoms with Gasteiger partial charge in [-0.15, -0.1) is 0 Å². The fourth-order valence-corrected chi connectivity index (χ4v) is 2.28. The van der Waals surface area contributed by atoms with E-state index in [9.17, 15) is 0 Å². The lowest BCUT2D eigenvalue weighted by atomic mass is 10.1. The maximum Gasteiger partial charge on any atom is 0.168 e. The lowest BCUT2D eigenvalue weighted by Gasteiger charge is -2.07. The Labute approximate surface area is 106 Å². The van der Waals surface area contributed by atoms with E-state index in [4.69, 9.17) is 5.11 Å². The van der Waals surface area contributed by atoms with Gasteiger partial charge in [0.25, 0.3) is 0 Å². The first-order valence-corrected chi connectivity index (χ1v) is 6.58. The highest BCUT2D eigenvalue weighted by molar-refractivity contribution is 7.99. The third kappa shape index (κ3) is 3.35. The standard InChI is InChI=1S/C13H16N2OS/c1-11-2-4-12(5-3-11)10-15-7-6-14-13(15)17-9-8-16/h2-7,16H,8-10H2,1H3. The molecule has 0 atom stereocenters. The Balaban J connectivity index is 2.07. The molecule has 1 aromatic carbocycles. The Hall–Kier alpha value is -1.26. The first kappa shape index (κ1) is 12.2. The Morgan fingerprint density at radius 1 is 1.29 bits per heavy atom. The van der Waals surface area contributed by atoms with Crippen molar-refractivity contribution in [1.29, 1.82) is 0 Å². The summed E-state index contributed by atoms with van der Waals surface area (Å²) >= 11 is 1.58. The van der Waals surface area contributed by atoms with Crippen molar-refractivity contribution in [1.82, 2.24) is 9.55 Å². The molecule has 0 saturated carbocycles. The molecule has 17 heavy (non-hydrogen) atoms. The lowest BCUT2D eigenvalue weighted by Crippen LogP contribution is -2.01. The molecule has 1 aromatic heterocycles. The van der Waals surface area contributed by atoms with Crippen LogP contribution in [0, 0.1) is 6.92 Å². The first-order valence-electron chi connectivity index (χ1n) is 5.60. The second kappa shape index (κ2) is 5.89. The van der Waals surface area contributed by atoms with Crippen LogP contribution in [0.3, 0.4) is 0 Å². The van der Waals surface area contributed by atoms with Crippen LogP contribution in [0.1, 0.15) is 11.1 Å². The molecule has 90 valence electrons. The van der Waals surface area contributed by atoms with Crippen molar-refractivity contribution in [3.05, 3.63) is 47.8 Å². The van der Waals surface area contributed by atoms with Crippen LogP contribution < -0.4 is 0 Å².